The van der Waals surface area contributed by atoms with Crippen LogP contribution in [0.1, 0.15) is 18.9 Å². The van der Waals surface area contributed by atoms with E-state index in [1.54, 1.807) is 19.2 Å². The first kappa shape index (κ1) is 29.1. The van der Waals surface area contributed by atoms with E-state index in [4.69, 9.17) is 16.7 Å². The summed E-state index contributed by atoms with van der Waals surface area (Å²) in [6.45, 7) is -0.502. The normalized spacial score (nSPS) is 10.5. The first-order valence-corrected chi connectivity index (χ1v) is 10.2. The van der Waals surface area contributed by atoms with Crippen LogP contribution in [0.4, 0.5) is 22.0 Å². The van der Waals surface area contributed by atoms with Crippen LogP contribution in [-0.4, -0.2) is 36.6 Å². The van der Waals surface area contributed by atoms with Gasteiger partial charge in [-0.15, -0.1) is 11.3 Å². The van der Waals surface area contributed by atoms with E-state index in [1.807, 2.05) is 0 Å². The largest absolute Gasteiger partial charge is 0.396 e. The fourth-order valence-electron chi connectivity index (χ4n) is 1.54. The summed E-state index contributed by atoms with van der Waals surface area (Å²) < 4.78 is 69.7. The molecule has 0 saturated carbocycles. The van der Waals surface area contributed by atoms with Crippen LogP contribution >= 0.6 is 22.9 Å². The highest BCUT2D eigenvalue weighted by molar-refractivity contribution is 7.85. The minimum absolute atomic E-state index is 0.0398. The van der Waals surface area contributed by atoms with Crippen molar-refractivity contribution in [3.8, 4) is 0 Å². The molecule has 0 fully saturated rings. The Hall–Kier alpha value is -1.07. The Kier molecular flexibility index (Phi) is 20.0. The molecule has 0 aliphatic carbocycles. The summed E-state index contributed by atoms with van der Waals surface area (Å²) in [5.74, 6) is -1.13. The molecule has 1 unspecified atom stereocenters. The lowest BCUT2D eigenvalue weighted by molar-refractivity contribution is 0.288. The van der Waals surface area contributed by atoms with Crippen molar-refractivity contribution in [3.63, 3.8) is 0 Å². The standard InChI is InChI=1S/C9H10F2O.C5H6ClNOS2.C2H5F.CH2F2/c10-8-4-7(2-1-3-12)5-9(11)6-8;1-7-10(8)5-3-2-4(6)9-5;1-2-3;2-1-3/h4-6,12H,1-3H2;2-3,7H,1H3;2H2,1H3;1H2. The van der Waals surface area contributed by atoms with Gasteiger partial charge in [0, 0.05) is 12.7 Å². The van der Waals surface area contributed by atoms with E-state index in [0.717, 1.165) is 10.3 Å². The molecule has 2 N–H and O–H groups in total. The second-order valence-corrected chi connectivity index (χ2v) is 7.86. The molecule has 2 rings (SSSR count). The minimum Gasteiger partial charge on any atom is -0.396 e. The van der Waals surface area contributed by atoms with Crippen LogP contribution in [0.25, 0.3) is 0 Å². The fourth-order valence-corrected chi connectivity index (χ4v) is 3.67. The Bertz CT molecular complexity index is 640. The number of aliphatic hydroxyl groups excluding tert-OH is 1. The highest BCUT2D eigenvalue weighted by Gasteiger charge is 2.02. The number of hydrogen-bond donors (Lipinski definition) is 2. The van der Waals surface area contributed by atoms with Gasteiger partial charge in [-0.05, 0) is 56.6 Å². The Morgan fingerprint density at radius 1 is 1.14 bits per heavy atom. The summed E-state index contributed by atoms with van der Waals surface area (Å²) in [4.78, 5) is 0. The van der Waals surface area contributed by atoms with E-state index in [2.05, 4.69) is 4.72 Å². The smallest absolute Gasteiger partial charge is 0.229 e. The number of aliphatic hydroxyl groups is 1. The molecule has 1 aromatic carbocycles. The number of benzene rings is 1. The summed E-state index contributed by atoms with van der Waals surface area (Å²) >= 11 is 6.94. The number of rotatable bonds is 5. The minimum atomic E-state index is -1.75. The van der Waals surface area contributed by atoms with Crippen LogP contribution in [0.5, 0.6) is 0 Å². The van der Waals surface area contributed by atoms with E-state index in [-0.39, 0.29) is 13.3 Å². The van der Waals surface area contributed by atoms with Crippen molar-refractivity contribution >= 4 is 33.9 Å². The van der Waals surface area contributed by atoms with Crippen LogP contribution in [0.2, 0.25) is 4.34 Å². The zero-order chi connectivity index (χ0) is 21.9. The van der Waals surface area contributed by atoms with Crippen molar-refractivity contribution in [1.29, 1.82) is 0 Å². The van der Waals surface area contributed by atoms with Crippen LogP contribution < -0.4 is 4.72 Å². The molecule has 0 amide bonds. The van der Waals surface area contributed by atoms with Gasteiger partial charge in [-0.2, -0.15) is 0 Å². The van der Waals surface area contributed by atoms with Crippen LogP contribution in [0, 0.1) is 11.6 Å². The SMILES string of the molecule is CCF.CNS(=O)c1ccc(Cl)s1.FCF.OCCCc1cc(F)cc(F)c1. The van der Waals surface area contributed by atoms with Gasteiger partial charge < -0.3 is 5.11 Å². The van der Waals surface area contributed by atoms with Crippen LogP contribution in [0.3, 0.4) is 0 Å². The van der Waals surface area contributed by atoms with Crippen molar-refractivity contribution in [2.45, 2.75) is 24.0 Å². The van der Waals surface area contributed by atoms with Crippen molar-refractivity contribution in [2.75, 3.05) is 27.3 Å². The molecule has 2 aromatic rings. The fraction of sp³-hybridized carbons (Fsp3) is 0.412. The average molecular weight is 468 g/mol. The van der Waals surface area contributed by atoms with E-state index in [0.29, 0.717) is 22.7 Å². The van der Waals surface area contributed by atoms with Gasteiger partial charge in [-0.3, -0.25) is 4.39 Å². The van der Waals surface area contributed by atoms with Crippen LogP contribution in [0.15, 0.2) is 34.5 Å². The Morgan fingerprint density at radius 2 is 1.64 bits per heavy atom. The van der Waals surface area contributed by atoms with Crippen molar-refractivity contribution in [3.05, 3.63) is 51.9 Å². The predicted molar refractivity (Wildman–Crippen MR) is 105 cm³/mol. The van der Waals surface area contributed by atoms with Crippen LogP contribution in [-0.2, 0) is 17.4 Å². The molecule has 0 bridgehead atoms. The van der Waals surface area contributed by atoms with Gasteiger partial charge in [0.2, 0.25) is 6.93 Å². The third-order valence-electron chi connectivity index (χ3n) is 2.46. The number of halogens is 6. The maximum Gasteiger partial charge on any atom is 0.229 e. The maximum absolute atomic E-state index is 12.6. The summed E-state index contributed by atoms with van der Waals surface area (Å²) in [5.41, 5.74) is 0.585. The monoisotopic (exact) mass is 467 g/mol. The molecule has 11 heteroatoms. The Morgan fingerprint density at radius 3 is 2.00 bits per heavy atom. The van der Waals surface area contributed by atoms with Crippen molar-refractivity contribution in [1.82, 2.24) is 4.72 Å². The third-order valence-corrected chi connectivity index (χ3v) is 5.06. The zero-order valence-corrected chi connectivity index (χ0v) is 17.8. The van der Waals surface area contributed by atoms with Gasteiger partial charge in [-0.25, -0.2) is 26.5 Å². The second-order valence-electron chi connectivity index (χ2n) is 4.50. The van der Waals surface area contributed by atoms with Gasteiger partial charge in [-0.1, -0.05) is 11.6 Å². The molecule has 0 aliphatic rings. The average Bonchev–Trinajstić information content (AvgIpc) is 3.07. The highest BCUT2D eigenvalue weighted by atomic mass is 35.5. The number of nitrogens with one attached hydrogen (secondary N) is 1. The Balaban J connectivity index is 0. The van der Waals surface area contributed by atoms with Gasteiger partial charge in [0.15, 0.2) is 0 Å². The maximum atomic E-state index is 12.6. The van der Waals surface area contributed by atoms with E-state index in [1.165, 1.54) is 30.4 Å². The van der Waals surface area contributed by atoms with Crippen molar-refractivity contribution < 1.29 is 31.3 Å². The molecular weight excluding hydrogens is 445 g/mol. The molecule has 1 atom stereocenters. The molecular formula is C17H23ClF5NO2S2. The summed E-state index contributed by atoms with van der Waals surface area (Å²) in [5, 5.41) is 8.48. The third kappa shape index (κ3) is 15.9. The molecule has 1 aromatic heterocycles. The number of hydrogen-bond acceptors (Lipinski definition) is 3. The number of thiophene rings is 1. The lowest BCUT2D eigenvalue weighted by Gasteiger charge is -1.99. The first-order valence-electron chi connectivity index (χ1n) is 7.87. The molecule has 162 valence electrons. The summed E-state index contributed by atoms with van der Waals surface area (Å²) in [7, 11) is 0.557. The summed E-state index contributed by atoms with van der Waals surface area (Å²) in [6.07, 6.45) is 1.04. The second kappa shape index (κ2) is 19.3. The first-order chi connectivity index (χ1) is 13.3. The predicted octanol–water partition coefficient (Wildman–Crippen LogP) is 5.39. The lowest BCUT2D eigenvalue weighted by Crippen LogP contribution is -2.08. The molecule has 0 saturated heterocycles. The molecule has 0 aliphatic heterocycles. The molecule has 0 radical (unpaired) electrons. The lowest BCUT2D eigenvalue weighted by atomic mass is 10.1. The quantitative estimate of drug-likeness (QED) is 0.579. The van der Waals surface area contributed by atoms with Gasteiger partial charge in [0.05, 0.1) is 11.0 Å². The highest BCUT2D eigenvalue weighted by Crippen LogP contribution is 2.23. The molecule has 3 nitrogen and oxygen atoms in total. The van der Waals surface area contributed by atoms with Gasteiger partial charge in [0.1, 0.15) is 26.8 Å². The topological polar surface area (TPSA) is 49.3 Å². The number of alkyl halides is 3. The molecule has 1 heterocycles. The molecule has 28 heavy (non-hydrogen) atoms. The Labute approximate surface area is 173 Å². The van der Waals surface area contributed by atoms with E-state index >= 15 is 0 Å². The molecule has 0 spiro atoms. The summed E-state index contributed by atoms with van der Waals surface area (Å²) in [6, 6.07) is 6.87. The van der Waals surface area contributed by atoms with E-state index in [9.17, 15) is 26.2 Å². The van der Waals surface area contributed by atoms with Gasteiger partial charge >= 0.3 is 0 Å². The zero-order valence-electron chi connectivity index (χ0n) is 15.4. The van der Waals surface area contributed by atoms with Crippen molar-refractivity contribution in [2.24, 2.45) is 0 Å². The van der Waals surface area contributed by atoms with Gasteiger partial charge in [0.25, 0.3) is 0 Å². The van der Waals surface area contributed by atoms with E-state index < -0.39 is 29.5 Å². The number of aryl methyl sites for hydroxylation is 1.